The van der Waals surface area contributed by atoms with E-state index in [1.807, 2.05) is 0 Å². The molecule has 0 bridgehead atoms. The van der Waals surface area contributed by atoms with Crippen molar-refractivity contribution >= 4 is 22.0 Å². The zero-order valence-corrected chi connectivity index (χ0v) is 18.2. The summed E-state index contributed by atoms with van der Waals surface area (Å²) in [5.41, 5.74) is 0.925. The van der Waals surface area contributed by atoms with E-state index in [1.165, 1.54) is 41.4 Å². The molecule has 0 unspecified atom stereocenters. The van der Waals surface area contributed by atoms with E-state index in [4.69, 9.17) is 9.15 Å². The minimum Gasteiger partial charge on any atom is -0.445 e. The number of carbonyl (C=O) groups is 1. The average Bonchev–Trinajstić information content (AvgIpc) is 3.15. The van der Waals surface area contributed by atoms with Crippen LogP contribution in [0.3, 0.4) is 0 Å². The lowest BCUT2D eigenvalue weighted by molar-refractivity contribution is -0.0543. The summed E-state index contributed by atoms with van der Waals surface area (Å²) < 4.78 is 51.4. The fraction of sp³-hybridized carbons (Fsp3) is 0.500. The van der Waals surface area contributed by atoms with Gasteiger partial charge in [-0.15, -0.1) is 0 Å². The molecule has 0 radical (unpaired) electrons. The monoisotopic (exact) mass is 452 g/mol. The number of rotatable bonds is 7. The molecule has 1 aromatic carbocycles. The van der Waals surface area contributed by atoms with Gasteiger partial charge in [0.15, 0.2) is 18.8 Å². The molecule has 1 N–H and O–H groups in total. The third kappa shape index (κ3) is 4.58. The summed E-state index contributed by atoms with van der Waals surface area (Å²) in [5, 5.41) is 2.48. The molecule has 1 aromatic heterocycles. The number of hydrogen-bond acceptors (Lipinski definition) is 6. The van der Waals surface area contributed by atoms with Crippen LogP contribution < -0.4 is 5.32 Å². The van der Waals surface area contributed by atoms with Gasteiger partial charge in [-0.2, -0.15) is 17.0 Å². The van der Waals surface area contributed by atoms with E-state index in [0.29, 0.717) is 42.4 Å². The van der Waals surface area contributed by atoms with Gasteiger partial charge in [-0.25, -0.2) is 14.2 Å². The highest BCUT2D eigenvalue weighted by atomic mass is 32.2. The minimum atomic E-state index is -3.35. The van der Waals surface area contributed by atoms with Gasteiger partial charge in [0.05, 0.1) is 6.20 Å². The van der Waals surface area contributed by atoms with Crippen LogP contribution in [0.1, 0.15) is 24.2 Å². The van der Waals surface area contributed by atoms with E-state index in [1.54, 1.807) is 12.1 Å². The van der Waals surface area contributed by atoms with Crippen LogP contribution in [0.25, 0.3) is 0 Å². The summed E-state index contributed by atoms with van der Waals surface area (Å²) in [6.45, 7) is 1.00. The van der Waals surface area contributed by atoms with Crippen molar-refractivity contribution in [1.82, 2.24) is 13.6 Å². The highest BCUT2D eigenvalue weighted by Crippen LogP contribution is 2.53. The van der Waals surface area contributed by atoms with Crippen LogP contribution in [0.5, 0.6) is 0 Å². The van der Waals surface area contributed by atoms with Crippen molar-refractivity contribution in [3.63, 3.8) is 0 Å². The Morgan fingerprint density at radius 1 is 1.39 bits per heavy atom. The van der Waals surface area contributed by atoms with E-state index in [0.717, 1.165) is 12.8 Å². The van der Waals surface area contributed by atoms with Gasteiger partial charge in [0, 0.05) is 32.9 Å². The van der Waals surface area contributed by atoms with Crippen LogP contribution in [-0.4, -0.2) is 55.3 Å². The van der Waals surface area contributed by atoms with Gasteiger partial charge in [0.2, 0.25) is 0 Å². The molecule has 9 nitrogen and oxygen atoms in total. The first-order valence-electron chi connectivity index (χ1n) is 9.94. The van der Waals surface area contributed by atoms with Crippen molar-refractivity contribution in [1.29, 1.82) is 0 Å². The molecule has 1 amide bonds. The summed E-state index contributed by atoms with van der Waals surface area (Å²) >= 11 is 0. The van der Waals surface area contributed by atoms with E-state index >= 15 is 0 Å². The Labute approximate surface area is 180 Å². The maximum atomic E-state index is 14.5. The number of anilines is 1. The third-order valence-electron chi connectivity index (χ3n) is 5.89. The van der Waals surface area contributed by atoms with Crippen LogP contribution in [0.15, 0.2) is 35.2 Å². The second-order valence-electron chi connectivity index (χ2n) is 8.51. The molecule has 2 heterocycles. The lowest BCUT2D eigenvalue weighted by Crippen LogP contribution is -2.65. The van der Waals surface area contributed by atoms with Crippen molar-refractivity contribution < 1.29 is 26.8 Å². The molecule has 4 rings (SSSR count). The predicted octanol–water partition coefficient (Wildman–Crippen LogP) is 2.62. The molecule has 1 spiro atoms. The molecule has 2 aromatic rings. The van der Waals surface area contributed by atoms with E-state index in [9.17, 15) is 17.6 Å². The van der Waals surface area contributed by atoms with Crippen LogP contribution in [0.4, 0.5) is 14.9 Å². The molecular weight excluding hydrogens is 427 g/mol. The van der Waals surface area contributed by atoms with Gasteiger partial charge >= 0.3 is 6.09 Å². The number of halogens is 1. The zero-order chi connectivity index (χ0) is 22.2. The largest absolute Gasteiger partial charge is 0.445 e. The molecule has 2 aliphatic rings. The quantitative estimate of drug-likeness (QED) is 0.693. The topological polar surface area (TPSA) is 105 Å². The molecule has 1 aliphatic heterocycles. The molecule has 2 fully saturated rings. The van der Waals surface area contributed by atoms with Crippen molar-refractivity contribution in [3.8, 4) is 0 Å². The number of carbonyl (C=O) groups excluding carboxylic acids is 1. The van der Waals surface area contributed by atoms with Crippen molar-refractivity contribution in [2.45, 2.75) is 25.9 Å². The molecular formula is C20H25FN4O5S. The smallest absolute Gasteiger partial charge is 0.412 e. The van der Waals surface area contributed by atoms with Gasteiger partial charge in [0.25, 0.3) is 10.2 Å². The Morgan fingerprint density at radius 2 is 2.13 bits per heavy atom. The third-order valence-corrected chi connectivity index (χ3v) is 7.73. The number of oxazole rings is 1. The lowest BCUT2D eigenvalue weighted by atomic mass is 9.57. The van der Waals surface area contributed by atoms with Gasteiger partial charge < -0.3 is 9.15 Å². The van der Waals surface area contributed by atoms with E-state index in [-0.39, 0.29) is 17.8 Å². The number of hydrogen-bond donors (Lipinski definition) is 1. The Morgan fingerprint density at radius 3 is 2.74 bits per heavy atom. The van der Waals surface area contributed by atoms with Gasteiger partial charge in [-0.3, -0.25) is 5.32 Å². The Bertz CT molecular complexity index is 1040. The summed E-state index contributed by atoms with van der Waals surface area (Å²) in [6, 6.07) is 4.57. The first-order valence-corrected chi connectivity index (χ1v) is 11.3. The summed E-state index contributed by atoms with van der Waals surface area (Å²) in [4.78, 5) is 15.5. The van der Waals surface area contributed by atoms with Crippen molar-refractivity contribution in [3.05, 3.63) is 47.9 Å². The highest BCUT2D eigenvalue weighted by molar-refractivity contribution is 7.86. The normalized spacial score (nSPS) is 18.6. The van der Waals surface area contributed by atoms with Crippen LogP contribution in [0, 0.1) is 17.2 Å². The highest BCUT2D eigenvalue weighted by Gasteiger charge is 2.55. The molecule has 1 saturated carbocycles. The number of amides is 1. The van der Waals surface area contributed by atoms with Crippen LogP contribution in [-0.2, 0) is 28.0 Å². The number of aromatic nitrogens is 1. The maximum absolute atomic E-state index is 14.5. The number of nitrogens with one attached hydrogen (secondary N) is 1. The first-order chi connectivity index (χ1) is 14.7. The molecule has 168 valence electrons. The number of benzene rings is 1. The maximum Gasteiger partial charge on any atom is 0.412 e. The van der Waals surface area contributed by atoms with Gasteiger partial charge in [-0.1, -0.05) is 6.07 Å². The fourth-order valence-electron chi connectivity index (χ4n) is 4.37. The molecule has 1 saturated heterocycles. The van der Waals surface area contributed by atoms with Gasteiger partial charge in [-0.05, 0) is 48.3 Å². The Balaban J connectivity index is 1.24. The second kappa shape index (κ2) is 8.21. The molecule has 31 heavy (non-hydrogen) atoms. The van der Waals surface area contributed by atoms with E-state index in [2.05, 4.69) is 10.3 Å². The molecule has 11 heteroatoms. The number of nitrogens with zero attached hydrogens (tertiary/aromatic N) is 3. The minimum absolute atomic E-state index is 0.0407. The molecule has 1 aliphatic carbocycles. The van der Waals surface area contributed by atoms with Gasteiger partial charge in [0.1, 0.15) is 5.82 Å². The summed E-state index contributed by atoms with van der Waals surface area (Å²) in [5.74, 6) is 0.340. The fourth-order valence-corrected chi connectivity index (χ4v) is 5.70. The summed E-state index contributed by atoms with van der Waals surface area (Å²) in [7, 11) is -0.290. The van der Waals surface area contributed by atoms with E-state index < -0.39 is 16.3 Å². The van der Waals surface area contributed by atoms with Crippen LogP contribution in [0.2, 0.25) is 0 Å². The predicted molar refractivity (Wildman–Crippen MR) is 110 cm³/mol. The average molecular weight is 453 g/mol. The standard InChI is InChI=1S/C20H25FN4O5S/c1-24(2)31(27,28)25-11-20(12-25)7-14(8-20)5-15-3-4-16(6-18(15)21)23-19(26)29-10-17-9-22-13-30-17/h3-4,6,9,13-14H,5,7-8,10-12H2,1-2H3,(H,23,26). The zero-order valence-electron chi connectivity index (χ0n) is 17.4. The van der Waals surface area contributed by atoms with Crippen molar-refractivity contribution in [2.75, 3.05) is 32.5 Å². The second-order valence-corrected chi connectivity index (χ2v) is 10.7. The number of ether oxygens (including phenoxy) is 1. The first kappa shape index (κ1) is 21.7. The summed E-state index contributed by atoms with van der Waals surface area (Å²) in [6.07, 6.45) is 4.33. The van der Waals surface area contributed by atoms with Crippen LogP contribution >= 0.6 is 0 Å². The Hall–Kier alpha value is -2.50. The Kier molecular flexibility index (Phi) is 5.75. The lowest BCUT2D eigenvalue weighted by Gasteiger charge is -2.58. The molecule has 0 atom stereocenters. The SMILES string of the molecule is CN(C)S(=O)(=O)N1CC2(CC(Cc3ccc(NC(=O)OCc4cnco4)cc3F)C2)C1. The van der Waals surface area contributed by atoms with Crippen molar-refractivity contribution in [2.24, 2.45) is 11.3 Å².